The van der Waals surface area contributed by atoms with Crippen LogP contribution in [0.4, 0.5) is 0 Å². The van der Waals surface area contributed by atoms with Crippen LogP contribution < -0.4 is 5.32 Å². The summed E-state index contributed by atoms with van der Waals surface area (Å²) >= 11 is 0. The average Bonchev–Trinajstić information content (AvgIpc) is 2.80. The lowest BCUT2D eigenvalue weighted by atomic mass is 9.84. The van der Waals surface area contributed by atoms with Gasteiger partial charge < -0.3 is 20.4 Å². The van der Waals surface area contributed by atoms with Crippen LogP contribution >= 0.6 is 0 Å². The SMILES string of the molecule is CCC(=O)NC1CCC(CCN2CCN(C(=N)c3ccc(C)cc3O)CC2)CC1.CO. The smallest absolute Gasteiger partial charge is 0.219 e. The van der Waals surface area contributed by atoms with E-state index in [0.29, 0.717) is 23.9 Å². The summed E-state index contributed by atoms with van der Waals surface area (Å²) in [5, 5.41) is 28.8. The number of aryl methyl sites for hydroxylation is 1. The number of piperazine rings is 1. The molecular weight excluding hydrogens is 392 g/mol. The fourth-order valence-corrected chi connectivity index (χ4v) is 4.50. The third-order valence-electron chi connectivity index (χ3n) is 6.48. The van der Waals surface area contributed by atoms with Crippen molar-refractivity contribution in [3.63, 3.8) is 0 Å². The van der Waals surface area contributed by atoms with Crippen LogP contribution in [0.1, 0.15) is 56.6 Å². The number of amidine groups is 1. The Morgan fingerprint density at radius 3 is 2.35 bits per heavy atom. The van der Waals surface area contributed by atoms with E-state index in [-0.39, 0.29) is 11.7 Å². The summed E-state index contributed by atoms with van der Waals surface area (Å²) in [6, 6.07) is 5.90. The lowest BCUT2D eigenvalue weighted by Gasteiger charge is -2.37. The highest BCUT2D eigenvalue weighted by molar-refractivity contribution is 5.99. The lowest BCUT2D eigenvalue weighted by Crippen LogP contribution is -2.49. The molecule has 2 fully saturated rings. The van der Waals surface area contributed by atoms with Crippen LogP contribution in [0.25, 0.3) is 0 Å². The van der Waals surface area contributed by atoms with Crippen molar-refractivity contribution in [2.45, 2.75) is 58.4 Å². The van der Waals surface area contributed by atoms with Crippen LogP contribution in [0.3, 0.4) is 0 Å². The number of aliphatic hydroxyl groups excluding tert-OH is 1. The second-order valence-corrected chi connectivity index (χ2v) is 8.63. The van der Waals surface area contributed by atoms with E-state index in [4.69, 9.17) is 10.5 Å². The van der Waals surface area contributed by atoms with E-state index in [2.05, 4.69) is 15.1 Å². The first kappa shape index (κ1) is 25.1. The number of benzene rings is 1. The number of rotatable bonds is 6. The van der Waals surface area contributed by atoms with E-state index in [0.717, 1.165) is 64.2 Å². The standard InChI is InChI=1S/C23H36N4O2.CH4O/c1-3-22(29)25-19-7-5-18(6-8-19)10-11-26-12-14-27(15-13-26)23(24)20-9-4-17(2)16-21(20)28;1-2/h4,9,16,18-19,24,28H,3,5-8,10-15H2,1-2H3,(H,25,29);2H,1H3. The Morgan fingerprint density at radius 2 is 1.77 bits per heavy atom. The van der Waals surface area contributed by atoms with E-state index >= 15 is 0 Å². The number of aliphatic hydroxyl groups is 1. The first-order chi connectivity index (χ1) is 15.0. The lowest BCUT2D eigenvalue weighted by molar-refractivity contribution is -0.121. The maximum Gasteiger partial charge on any atom is 0.219 e. The zero-order valence-corrected chi connectivity index (χ0v) is 19.4. The molecule has 1 aromatic rings. The highest BCUT2D eigenvalue weighted by Crippen LogP contribution is 2.27. The molecule has 31 heavy (non-hydrogen) atoms. The minimum absolute atomic E-state index is 0.177. The molecule has 1 amide bonds. The van der Waals surface area contributed by atoms with Gasteiger partial charge in [-0.15, -0.1) is 0 Å². The fraction of sp³-hybridized carbons (Fsp3) is 0.667. The minimum Gasteiger partial charge on any atom is -0.507 e. The minimum atomic E-state index is 0.177. The number of aromatic hydroxyl groups is 1. The van der Waals surface area contributed by atoms with Crippen molar-refractivity contribution in [3.8, 4) is 5.75 Å². The van der Waals surface area contributed by atoms with Crippen molar-refractivity contribution in [1.29, 1.82) is 5.41 Å². The molecule has 1 aromatic carbocycles. The van der Waals surface area contributed by atoms with Crippen molar-refractivity contribution in [1.82, 2.24) is 15.1 Å². The maximum atomic E-state index is 11.5. The molecule has 0 unspecified atom stereocenters. The van der Waals surface area contributed by atoms with E-state index in [9.17, 15) is 9.90 Å². The summed E-state index contributed by atoms with van der Waals surface area (Å²) < 4.78 is 0. The van der Waals surface area contributed by atoms with Crippen molar-refractivity contribution in [3.05, 3.63) is 29.3 Å². The third-order valence-corrected chi connectivity index (χ3v) is 6.48. The molecule has 1 heterocycles. The van der Waals surface area contributed by atoms with Crippen LogP contribution in [0.2, 0.25) is 0 Å². The summed E-state index contributed by atoms with van der Waals surface area (Å²) in [5.74, 6) is 1.57. The highest BCUT2D eigenvalue weighted by atomic mass is 16.3. The number of carbonyl (C=O) groups excluding carboxylic acids is 1. The molecule has 0 bridgehead atoms. The van der Waals surface area contributed by atoms with Gasteiger partial charge in [0.2, 0.25) is 5.91 Å². The topological polar surface area (TPSA) is 99.9 Å². The van der Waals surface area contributed by atoms with Crippen LogP contribution in [-0.4, -0.2) is 77.6 Å². The molecule has 0 radical (unpaired) electrons. The number of amides is 1. The van der Waals surface area contributed by atoms with Gasteiger partial charge in [-0.05, 0) is 69.2 Å². The number of hydrogen-bond acceptors (Lipinski definition) is 5. The molecule has 3 rings (SSSR count). The number of carbonyl (C=O) groups is 1. The van der Waals surface area contributed by atoms with Crippen LogP contribution in [-0.2, 0) is 4.79 Å². The van der Waals surface area contributed by atoms with Crippen molar-refractivity contribution < 1.29 is 15.0 Å². The Morgan fingerprint density at radius 1 is 1.13 bits per heavy atom. The summed E-state index contributed by atoms with van der Waals surface area (Å²) in [6.07, 6.45) is 6.46. The largest absolute Gasteiger partial charge is 0.507 e. The first-order valence-electron chi connectivity index (χ1n) is 11.6. The molecule has 0 spiro atoms. The second kappa shape index (κ2) is 12.7. The van der Waals surface area contributed by atoms with Gasteiger partial charge in [0, 0.05) is 45.8 Å². The van der Waals surface area contributed by atoms with E-state index < -0.39 is 0 Å². The molecule has 2 aliphatic rings. The van der Waals surface area contributed by atoms with Gasteiger partial charge in [-0.25, -0.2) is 0 Å². The van der Waals surface area contributed by atoms with Crippen molar-refractivity contribution in [2.24, 2.45) is 5.92 Å². The zero-order valence-electron chi connectivity index (χ0n) is 19.4. The van der Waals surface area contributed by atoms with Gasteiger partial charge in [-0.3, -0.25) is 15.1 Å². The molecular formula is C24H40N4O3. The molecule has 174 valence electrons. The van der Waals surface area contributed by atoms with Crippen molar-refractivity contribution >= 4 is 11.7 Å². The molecule has 0 aromatic heterocycles. The Labute approximate surface area is 186 Å². The summed E-state index contributed by atoms with van der Waals surface area (Å²) in [5.41, 5.74) is 1.63. The quantitative estimate of drug-likeness (QED) is 0.409. The zero-order chi connectivity index (χ0) is 22.8. The average molecular weight is 433 g/mol. The van der Waals surface area contributed by atoms with Crippen LogP contribution in [0.5, 0.6) is 5.75 Å². The number of phenols is 1. The van der Waals surface area contributed by atoms with Gasteiger partial charge in [0.25, 0.3) is 0 Å². The predicted molar refractivity (Wildman–Crippen MR) is 125 cm³/mol. The molecule has 1 aliphatic heterocycles. The maximum absolute atomic E-state index is 11.5. The molecule has 1 aliphatic carbocycles. The Bertz CT molecular complexity index is 709. The Hall–Kier alpha value is -2.12. The molecule has 0 atom stereocenters. The van der Waals surface area contributed by atoms with Gasteiger partial charge in [-0.1, -0.05) is 13.0 Å². The number of phenolic OH excluding ortho intramolecular Hbond substituents is 1. The summed E-state index contributed by atoms with van der Waals surface area (Å²) in [4.78, 5) is 16.1. The Balaban J connectivity index is 0.00000166. The molecule has 7 heteroatoms. The highest BCUT2D eigenvalue weighted by Gasteiger charge is 2.25. The van der Waals surface area contributed by atoms with Gasteiger partial charge in [0.05, 0.1) is 5.56 Å². The number of nitrogens with one attached hydrogen (secondary N) is 2. The number of nitrogens with zero attached hydrogens (tertiary/aromatic N) is 2. The van der Waals surface area contributed by atoms with Gasteiger partial charge in [-0.2, -0.15) is 0 Å². The van der Waals surface area contributed by atoms with E-state index in [1.165, 1.54) is 19.3 Å². The molecule has 1 saturated carbocycles. The molecule has 7 nitrogen and oxygen atoms in total. The van der Waals surface area contributed by atoms with Gasteiger partial charge in [0.15, 0.2) is 0 Å². The fourth-order valence-electron chi connectivity index (χ4n) is 4.50. The second-order valence-electron chi connectivity index (χ2n) is 8.63. The van der Waals surface area contributed by atoms with Crippen molar-refractivity contribution in [2.75, 3.05) is 39.8 Å². The predicted octanol–water partition coefficient (Wildman–Crippen LogP) is 2.73. The molecule has 1 saturated heterocycles. The Kier molecular flexibility index (Phi) is 10.3. The third kappa shape index (κ3) is 7.51. The van der Waals surface area contributed by atoms with Gasteiger partial charge >= 0.3 is 0 Å². The van der Waals surface area contributed by atoms with Crippen LogP contribution in [0, 0.1) is 18.3 Å². The number of hydrogen-bond donors (Lipinski definition) is 4. The van der Waals surface area contributed by atoms with E-state index in [1.807, 2.05) is 26.0 Å². The van der Waals surface area contributed by atoms with Crippen LogP contribution in [0.15, 0.2) is 18.2 Å². The normalized spacial score (nSPS) is 21.7. The first-order valence-corrected chi connectivity index (χ1v) is 11.6. The summed E-state index contributed by atoms with van der Waals surface area (Å²) in [7, 11) is 1.00. The summed E-state index contributed by atoms with van der Waals surface area (Å²) in [6.45, 7) is 8.58. The molecule has 4 N–H and O–H groups in total. The monoisotopic (exact) mass is 432 g/mol. The van der Waals surface area contributed by atoms with E-state index in [1.54, 1.807) is 6.07 Å². The van der Waals surface area contributed by atoms with Gasteiger partial charge in [0.1, 0.15) is 11.6 Å².